The predicted molar refractivity (Wildman–Crippen MR) is 58.3 cm³/mol. The van der Waals surface area contributed by atoms with Gasteiger partial charge in [-0.3, -0.25) is 4.90 Å². The van der Waals surface area contributed by atoms with Crippen molar-refractivity contribution in [1.29, 1.82) is 0 Å². The van der Waals surface area contributed by atoms with Crippen LogP contribution < -0.4 is 0 Å². The molecule has 1 saturated carbocycles. The number of likely N-dealkylation sites (tertiary alicyclic amines) is 1. The number of piperidine rings is 1. The van der Waals surface area contributed by atoms with Crippen molar-refractivity contribution in [2.45, 2.75) is 45.3 Å². The van der Waals surface area contributed by atoms with Gasteiger partial charge in [0.15, 0.2) is 0 Å². The molecule has 1 heterocycles. The molecule has 2 fully saturated rings. The van der Waals surface area contributed by atoms with Crippen molar-refractivity contribution < 1.29 is 4.74 Å². The Hall–Kier alpha value is -0.0800. The van der Waals surface area contributed by atoms with Gasteiger partial charge in [0, 0.05) is 26.2 Å². The van der Waals surface area contributed by atoms with Crippen LogP contribution in [0.3, 0.4) is 0 Å². The van der Waals surface area contributed by atoms with E-state index in [1.54, 1.807) is 0 Å². The van der Waals surface area contributed by atoms with Crippen LogP contribution in [0.4, 0.5) is 0 Å². The number of ether oxygens (including phenoxy) is 1. The summed E-state index contributed by atoms with van der Waals surface area (Å²) in [5, 5.41) is 0. The summed E-state index contributed by atoms with van der Waals surface area (Å²) in [4.78, 5) is 2.69. The summed E-state index contributed by atoms with van der Waals surface area (Å²) in [5.41, 5.74) is 0. The molecule has 14 heavy (non-hydrogen) atoms. The average molecular weight is 197 g/mol. The van der Waals surface area contributed by atoms with Crippen LogP contribution >= 0.6 is 0 Å². The first-order valence-corrected chi connectivity index (χ1v) is 5.96. The number of nitrogens with zero attached hydrogens (tertiary/aromatic N) is 1. The molecule has 0 aromatic heterocycles. The SMILES string of the molecule is COC1CC(N2C[C@H](C)C[C@@H](C)C2)C1. The van der Waals surface area contributed by atoms with Crippen molar-refractivity contribution in [2.24, 2.45) is 11.8 Å². The van der Waals surface area contributed by atoms with Gasteiger partial charge in [-0.1, -0.05) is 13.8 Å². The molecule has 1 aliphatic carbocycles. The van der Waals surface area contributed by atoms with E-state index in [1.165, 1.54) is 32.4 Å². The molecular weight excluding hydrogens is 174 g/mol. The third kappa shape index (κ3) is 2.12. The van der Waals surface area contributed by atoms with E-state index in [0.717, 1.165) is 17.9 Å². The van der Waals surface area contributed by atoms with Gasteiger partial charge in [-0.2, -0.15) is 0 Å². The smallest absolute Gasteiger partial charge is 0.0601 e. The van der Waals surface area contributed by atoms with Gasteiger partial charge in [0.25, 0.3) is 0 Å². The van der Waals surface area contributed by atoms with E-state index in [0.29, 0.717) is 6.10 Å². The van der Waals surface area contributed by atoms with Crippen LogP contribution in [0.25, 0.3) is 0 Å². The van der Waals surface area contributed by atoms with Crippen LogP contribution in [0.2, 0.25) is 0 Å². The first-order chi connectivity index (χ1) is 6.69. The van der Waals surface area contributed by atoms with Crippen molar-refractivity contribution in [1.82, 2.24) is 4.90 Å². The molecule has 2 aliphatic rings. The topological polar surface area (TPSA) is 12.5 Å². The third-order valence-electron chi connectivity index (χ3n) is 3.82. The molecule has 1 saturated heterocycles. The van der Waals surface area contributed by atoms with Gasteiger partial charge in [-0.15, -0.1) is 0 Å². The molecular formula is C12H23NO. The van der Waals surface area contributed by atoms with Gasteiger partial charge < -0.3 is 4.74 Å². The van der Waals surface area contributed by atoms with Crippen molar-refractivity contribution in [3.05, 3.63) is 0 Å². The Kier molecular flexibility index (Phi) is 3.13. The number of methoxy groups -OCH3 is 1. The fraction of sp³-hybridized carbons (Fsp3) is 1.00. The Morgan fingerprint density at radius 3 is 2.07 bits per heavy atom. The summed E-state index contributed by atoms with van der Waals surface area (Å²) >= 11 is 0. The van der Waals surface area contributed by atoms with Crippen LogP contribution in [-0.4, -0.2) is 37.2 Å². The molecule has 0 N–H and O–H groups in total. The van der Waals surface area contributed by atoms with Crippen LogP contribution in [0, 0.1) is 11.8 Å². The molecule has 0 radical (unpaired) electrons. The molecule has 0 aromatic rings. The largest absolute Gasteiger partial charge is 0.381 e. The van der Waals surface area contributed by atoms with Crippen molar-refractivity contribution in [3.8, 4) is 0 Å². The van der Waals surface area contributed by atoms with Crippen molar-refractivity contribution in [2.75, 3.05) is 20.2 Å². The minimum atomic E-state index is 0.549. The van der Waals surface area contributed by atoms with Crippen LogP contribution in [0.15, 0.2) is 0 Å². The van der Waals surface area contributed by atoms with Crippen LogP contribution in [0.1, 0.15) is 33.1 Å². The van der Waals surface area contributed by atoms with Crippen molar-refractivity contribution >= 4 is 0 Å². The fourth-order valence-corrected chi connectivity index (χ4v) is 3.04. The summed E-state index contributed by atoms with van der Waals surface area (Å²) in [5.74, 6) is 1.78. The lowest BCUT2D eigenvalue weighted by molar-refractivity contribution is -0.0445. The van der Waals surface area contributed by atoms with Gasteiger partial charge in [0.05, 0.1) is 6.10 Å². The number of hydrogen-bond acceptors (Lipinski definition) is 2. The summed E-state index contributed by atoms with van der Waals surface area (Å²) in [6.07, 6.45) is 4.48. The summed E-state index contributed by atoms with van der Waals surface area (Å²) in [6, 6.07) is 0.824. The molecule has 0 bridgehead atoms. The number of hydrogen-bond donors (Lipinski definition) is 0. The maximum atomic E-state index is 5.33. The number of rotatable bonds is 2. The van der Waals surface area contributed by atoms with E-state index in [1.807, 2.05) is 7.11 Å². The molecule has 2 atom stereocenters. The lowest BCUT2D eigenvalue weighted by Crippen LogP contribution is -2.52. The predicted octanol–water partition coefficient (Wildman–Crippen LogP) is 2.14. The first kappa shape index (κ1) is 10.4. The van der Waals surface area contributed by atoms with Crippen LogP contribution in [-0.2, 0) is 4.74 Å². The van der Waals surface area contributed by atoms with Gasteiger partial charge in [0.1, 0.15) is 0 Å². The molecule has 2 rings (SSSR count). The van der Waals surface area contributed by atoms with Crippen molar-refractivity contribution in [3.63, 3.8) is 0 Å². The standard InChI is InChI=1S/C12H23NO/c1-9-4-10(2)8-13(7-9)11-5-12(6-11)14-3/h9-12H,4-8H2,1-3H3/t9-,10-,11?,12?/m1/s1. The van der Waals surface area contributed by atoms with Gasteiger partial charge in [0.2, 0.25) is 0 Å². The Morgan fingerprint density at radius 2 is 1.57 bits per heavy atom. The maximum absolute atomic E-state index is 5.33. The normalized spacial score (nSPS) is 44.8. The Bertz CT molecular complexity index is 179. The third-order valence-corrected chi connectivity index (χ3v) is 3.82. The van der Waals surface area contributed by atoms with Crippen LogP contribution in [0.5, 0.6) is 0 Å². The Labute approximate surface area is 87.6 Å². The molecule has 0 spiro atoms. The molecule has 82 valence electrons. The Balaban J connectivity index is 1.81. The zero-order valence-corrected chi connectivity index (χ0v) is 9.70. The highest BCUT2D eigenvalue weighted by Crippen LogP contribution is 2.32. The van der Waals surface area contributed by atoms with Gasteiger partial charge >= 0.3 is 0 Å². The monoisotopic (exact) mass is 197 g/mol. The first-order valence-electron chi connectivity index (χ1n) is 5.96. The van der Waals surface area contributed by atoms with Gasteiger partial charge in [-0.25, -0.2) is 0 Å². The van der Waals surface area contributed by atoms with E-state index in [-0.39, 0.29) is 0 Å². The average Bonchev–Trinajstić information content (AvgIpc) is 2.00. The zero-order chi connectivity index (χ0) is 10.1. The fourth-order valence-electron chi connectivity index (χ4n) is 3.04. The lowest BCUT2D eigenvalue weighted by Gasteiger charge is -2.46. The highest BCUT2D eigenvalue weighted by molar-refractivity contribution is 4.90. The maximum Gasteiger partial charge on any atom is 0.0601 e. The summed E-state index contributed by atoms with van der Waals surface area (Å²) in [6.45, 7) is 7.39. The Morgan fingerprint density at radius 1 is 1.00 bits per heavy atom. The minimum absolute atomic E-state index is 0.549. The molecule has 1 aliphatic heterocycles. The van der Waals surface area contributed by atoms with E-state index >= 15 is 0 Å². The highest BCUT2D eigenvalue weighted by Gasteiger charge is 2.36. The van der Waals surface area contributed by atoms with E-state index in [9.17, 15) is 0 Å². The zero-order valence-electron chi connectivity index (χ0n) is 9.70. The molecule has 0 unspecified atom stereocenters. The minimum Gasteiger partial charge on any atom is -0.381 e. The second-order valence-electron chi connectivity index (χ2n) is 5.38. The second kappa shape index (κ2) is 4.19. The quantitative estimate of drug-likeness (QED) is 0.672. The lowest BCUT2D eigenvalue weighted by atomic mass is 9.83. The van der Waals surface area contributed by atoms with E-state index in [4.69, 9.17) is 4.74 Å². The molecule has 2 heteroatoms. The second-order valence-corrected chi connectivity index (χ2v) is 5.38. The summed E-state index contributed by atoms with van der Waals surface area (Å²) < 4.78 is 5.33. The highest BCUT2D eigenvalue weighted by atomic mass is 16.5. The molecule has 0 amide bonds. The molecule has 2 nitrogen and oxygen atoms in total. The van der Waals surface area contributed by atoms with E-state index < -0.39 is 0 Å². The van der Waals surface area contributed by atoms with E-state index in [2.05, 4.69) is 18.7 Å². The van der Waals surface area contributed by atoms with Gasteiger partial charge in [-0.05, 0) is 31.1 Å². The molecule has 0 aromatic carbocycles. The summed E-state index contributed by atoms with van der Waals surface area (Å²) in [7, 11) is 1.84.